The summed E-state index contributed by atoms with van der Waals surface area (Å²) in [5.74, 6) is -0.658. The van der Waals surface area contributed by atoms with Gasteiger partial charge in [0.05, 0.1) is 16.7 Å². The second-order valence-electron chi connectivity index (χ2n) is 2.41. The van der Waals surface area contributed by atoms with E-state index in [0.717, 1.165) is 6.07 Å². The van der Waals surface area contributed by atoms with Crippen molar-refractivity contribution in [2.75, 3.05) is 0 Å². The molecule has 6 heteroatoms. The van der Waals surface area contributed by atoms with Crippen molar-refractivity contribution in [1.82, 2.24) is 4.98 Å². The lowest BCUT2D eigenvalue weighted by molar-refractivity contribution is -0.385. The molecular formula is C7H6BrFN2O2. The molecule has 0 atom stereocenters. The molecule has 0 aromatic carbocycles. The molecule has 0 unspecified atom stereocenters. The lowest BCUT2D eigenvalue weighted by Gasteiger charge is -2.00. The van der Waals surface area contributed by atoms with Crippen LogP contribution in [0.5, 0.6) is 0 Å². The number of aromatic nitrogens is 1. The van der Waals surface area contributed by atoms with Crippen molar-refractivity contribution in [2.45, 2.75) is 12.3 Å². The Morgan fingerprint density at radius 2 is 2.38 bits per heavy atom. The maximum absolute atomic E-state index is 13.0. The zero-order valence-electron chi connectivity index (χ0n) is 6.75. The molecule has 0 aliphatic rings. The van der Waals surface area contributed by atoms with Gasteiger partial charge in [-0.1, -0.05) is 15.9 Å². The minimum atomic E-state index is -0.658. The van der Waals surface area contributed by atoms with Crippen LogP contribution in [0.4, 0.5) is 10.1 Å². The van der Waals surface area contributed by atoms with Gasteiger partial charge in [-0.15, -0.1) is 0 Å². The summed E-state index contributed by atoms with van der Waals surface area (Å²) in [6, 6.07) is 0.888. The predicted molar refractivity (Wildman–Crippen MR) is 48.2 cm³/mol. The molecule has 0 N–H and O–H groups in total. The number of halogens is 2. The Hall–Kier alpha value is -1.04. The smallest absolute Gasteiger partial charge is 0.258 e. The van der Waals surface area contributed by atoms with E-state index in [4.69, 9.17) is 0 Å². The van der Waals surface area contributed by atoms with Crippen molar-refractivity contribution in [3.05, 3.63) is 33.4 Å². The zero-order chi connectivity index (χ0) is 10.0. The van der Waals surface area contributed by atoms with Crippen LogP contribution in [0, 0.1) is 22.9 Å². The van der Waals surface area contributed by atoms with E-state index < -0.39 is 10.7 Å². The van der Waals surface area contributed by atoms with Crippen LogP contribution in [-0.4, -0.2) is 9.91 Å². The van der Waals surface area contributed by atoms with Crippen molar-refractivity contribution < 1.29 is 9.31 Å². The van der Waals surface area contributed by atoms with E-state index in [1.165, 1.54) is 6.92 Å². The Morgan fingerprint density at radius 3 is 2.85 bits per heavy atom. The van der Waals surface area contributed by atoms with E-state index >= 15 is 0 Å². The minimum absolute atomic E-state index is 0.183. The van der Waals surface area contributed by atoms with Gasteiger partial charge in [0.2, 0.25) is 0 Å². The highest BCUT2D eigenvalue weighted by molar-refractivity contribution is 9.08. The van der Waals surface area contributed by atoms with Gasteiger partial charge >= 0.3 is 0 Å². The predicted octanol–water partition coefficient (Wildman–Crippen LogP) is 2.33. The number of nitro groups is 1. The number of aryl methyl sites for hydroxylation is 1. The van der Waals surface area contributed by atoms with Gasteiger partial charge in [-0.05, 0) is 6.92 Å². The highest BCUT2D eigenvalue weighted by Crippen LogP contribution is 2.19. The molecule has 0 spiro atoms. The van der Waals surface area contributed by atoms with Gasteiger partial charge in [0.1, 0.15) is 5.69 Å². The van der Waals surface area contributed by atoms with Gasteiger partial charge in [-0.3, -0.25) is 10.1 Å². The highest BCUT2D eigenvalue weighted by atomic mass is 79.9. The van der Waals surface area contributed by atoms with Crippen LogP contribution in [-0.2, 0) is 5.33 Å². The van der Waals surface area contributed by atoms with Gasteiger partial charge in [0.15, 0.2) is 5.82 Å². The number of nitrogens with zero attached hydrogens (tertiary/aromatic N) is 2. The third-order valence-electron chi connectivity index (χ3n) is 1.54. The first-order valence-corrected chi connectivity index (χ1v) is 4.54. The Kier molecular flexibility index (Phi) is 2.92. The van der Waals surface area contributed by atoms with Crippen LogP contribution >= 0.6 is 15.9 Å². The van der Waals surface area contributed by atoms with E-state index in [0.29, 0.717) is 0 Å². The fraction of sp³-hybridized carbons (Fsp3) is 0.286. The van der Waals surface area contributed by atoms with Crippen LogP contribution in [0.2, 0.25) is 0 Å². The van der Waals surface area contributed by atoms with Gasteiger partial charge < -0.3 is 0 Å². The van der Waals surface area contributed by atoms with Crippen LogP contribution in [0.1, 0.15) is 11.4 Å². The van der Waals surface area contributed by atoms with Gasteiger partial charge in [0, 0.05) is 5.33 Å². The number of hydrogen-bond donors (Lipinski definition) is 0. The largest absolute Gasteiger partial charge is 0.293 e. The molecule has 4 nitrogen and oxygen atoms in total. The summed E-state index contributed by atoms with van der Waals surface area (Å²) in [4.78, 5) is 13.5. The van der Waals surface area contributed by atoms with Gasteiger partial charge in [0.25, 0.3) is 5.69 Å². The first-order chi connectivity index (χ1) is 6.06. The first-order valence-electron chi connectivity index (χ1n) is 3.42. The average Bonchev–Trinajstić information content (AvgIpc) is 2.07. The summed E-state index contributed by atoms with van der Waals surface area (Å²) in [5, 5.41) is 10.6. The summed E-state index contributed by atoms with van der Waals surface area (Å²) in [6.45, 7) is 1.48. The molecule has 13 heavy (non-hydrogen) atoms. The lowest BCUT2D eigenvalue weighted by Crippen LogP contribution is -2.00. The molecular weight excluding hydrogens is 243 g/mol. The number of alkyl halides is 1. The maximum Gasteiger partial charge on any atom is 0.293 e. The monoisotopic (exact) mass is 248 g/mol. The Labute approximate surface area is 82.1 Å². The fourth-order valence-corrected chi connectivity index (χ4v) is 1.29. The molecule has 0 aliphatic heterocycles. The van der Waals surface area contributed by atoms with Crippen LogP contribution < -0.4 is 0 Å². The second kappa shape index (κ2) is 3.78. The summed E-state index contributed by atoms with van der Waals surface area (Å²) in [5.41, 5.74) is 0.117. The van der Waals surface area contributed by atoms with E-state index in [9.17, 15) is 14.5 Å². The van der Waals surface area contributed by atoms with Crippen molar-refractivity contribution in [3.63, 3.8) is 0 Å². The third-order valence-corrected chi connectivity index (χ3v) is 2.07. The fourth-order valence-electron chi connectivity index (χ4n) is 0.899. The van der Waals surface area contributed by atoms with E-state index in [-0.39, 0.29) is 22.4 Å². The summed E-state index contributed by atoms with van der Waals surface area (Å²) >= 11 is 3.03. The van der Waals surface area contributed by atoms with Crippen LogP contribution in [0.15, 0.2) is 6.07 Å². The molecule has 0 saturated heterocycles. The van der Waals surface area contributed by atoms with Crippen molar-refractivity contribution in [1.29, 1.82) is 0 Å². The normalized spacial score (nSPS) is 10.1. The molecule has 70 valence electrons. The number of hydrogen-bond acceptors (Lipinski definition) is 3. The highest BCUT2D eigenvalue weighted by Gasteiger charge is 2.15. The zero-order valence-corrected chi connectivity index (χ0v) is 8.34. The number of rotatable bonds is 2. The SMILES string of the molecule is Cc1nc(CBr)c(F)cc1[N+](=O)[O-]. The topological polar surface area (TPSA) is 56.0 Å². The molecule has 1 rings (SSSR count). The number of pyridine rings is 1. The van der Waals surface area contributed by atoms with Crippen molar-refractivity contribution in [2.24, 2.45) is 0 Å². The van der Waals surface area contributed by atoms with E-state index in [2.05, 4.69) is 20.9 Å². The molecule has 0 aliphatic carbocycles. The van der Waals surface area contributed by atoms with Crippen LogP contribution in [0.25, 0.3) is 0 Å². The molecule has 0 bridgehead atoms. The Bertz CT molecular complexity index is 357. The van der Waals surface area contributed by atoms with Gasteiger partial charge in [-0.2, -0.15) is 0 Å². The summed E-state index contributed by atoms with van der Waals surface area (Å²) < 4.78 is 13.0. The lowest BCUT2D eigenvalue weighted by atomic mass is 10.3. The molecule has 0 saturated carbocycles. The van der Waals surface area contributed by atoms with Gasteiger partial charge in [-0.25, -0.2) is 9.37 Å². The van der Waals surface area contributed by atoms with Crippen LogP contribution in [0.3, 0.4) is 0 Å². The molecule has 0 amide bonds. The standard InChI is InChI=1S/C7H6BrFN2O2/c1-4-7(11(12)13)2-5(9)6(3-8)10-4/h2H,3H2,1H3. The Balaban J connectivity index is 3.28. The van der Waals surface area contributed by atoms with E-state index in [1.807, 2.05) is 0 Å². The quantitative estimate of drug-likeness (QED) is 0.459. The molecule has 1 heterocycles. The summed E-state index contributed by atoms with van der Waals surface area (Å²) in [6.07, 6.45) is 0. The molecule has 1 aromatic heterocycles. The van der Waals surface area contributed by atoms with Crippen molar-refractivity contribution in [3.8, 4) is 0 Å². The summed E-state index contributed by atoms with van der Waals surface area (Å²) in [7, 11) is 0. The average molecular weight is 249 g/mol. The third kappa shape index (κ3) is 2.00. The second-order valence-corrected chi connectivity index (χ2v) is 2.97. The van der Waals surface area contributed by atoms with Crippen molar-refractivity contribution >= 4 is 21.6 Å². The van der Waals surface area contributed by atoms with E-state index in [1.54, 1.807) is 0 Å². The maximum atomic E-state index is 13.0. The minimum Gasteiger partial charge on any atom is -0.258 e. The Morgan fingerprint density at radius 1 is 1.77 bits per heavy atom. The molecule has 0 radical (unpaired) electrons. The molecule has 0 fully saturated rings. The molecule has 1 aromatic rings. The first kappa shape index (κ1) is 10.0.